The molecule has 1 unspecified atom stereocenters. The maximum absolute atomic E-state index is 12.8. The molecule has 5 nitrogen and oxygen atoms in total. The van der Waals surface area contributed by atoms with Crippen LogP contribution in [-0.2, 0) is 16.1 Å². The SMILES string of the molecule is O=C(C1CCCCN1C(=O)OCc1ccccc1)N1CCCCC1. The van der Waals surface area contributed by atoms with E-state index in [2.05, 4.69) is 0 Å². The van der Waals surface area contributed by atoms with E-state index in [0.29, 0.717) is 6.54 Å². The molecule has 0 bridgehead atoms. The molecular formula is C19H26N2O3. The topological polar surface area (TPSA) is 49.9 Å². The zero-order valence-corrected chi connectivity index (χ0v) is 14.2. The quantitative estimate of drug-likeness (QED) is 0.855. The second kappa shape index (κ2) is 8.18. The summed E-state index contributed by atoms with van der Waals surface area (Å²) in [6, 6.07) is 9.29. The van der Waals surface area contributed by atoms with Gasteiger partial charge in [0.25, 0.3) is 0 Å². The predicted molar refractivity (Wildman–Crippen MR) is 91.4 cm³/mol. The summed E-state index contributed by atoms with van der Waals surface area (Å²) < 4.78 is 5.45. The van der Waals surface area contributed by atoms with Crippen LogP contribution in [0, 0.1) is 0 Å². The standard InChI is InChI=1S/C19H26N2O3/c22-18(20-12-6-2-7-13-20)17-11-5-8-14-21(17)19(23)24-15-16-9-3-1-4-10-16/h1,3-4,9-10,17H,2,5-8,11-15H2. The number of carbonyl (C=O) groups excluding carboxylic acids is 2. The number of piperidine rings is 2. The van der Waals surface area contributed by atoms with Crippen molar-refractivity contribution in [1.82, 2.24) is 9.80 Å². The summed E-state index contributed by atoms with van der Waals surface area (Å²) >= 11 is 0. The third kappa shape index (κ3) is 4.08. The number of benzene rings is 1. The molecule has 1 aromatic carbocycles. The summed E-state index contributed by atoms with van der Waals surface area (Å²) in [6.07, 6.45) is 5.63. The van der Waals surface area contributed by atoms with Crippen molar-refractivity contribution in [3.8, 4) is 0 Å². The lowest BCUT2D eigenvalue weighted by molar-refractivity contribution is -0.138. The molecule has 1 atom stereocenters. The molecule has 5 heteroatoms. The molecule has 0 aromatic heterocycles. The maximum Gasteiger partial charge on any atom is 0.410 e. The molecule has 1 aromatic rings. The van der Waals surface area contributed by atoms with Gasteiger partial charge in [0.2, 0.25) is 5.91 Å². The molecule has 24 heavy (non-hydrogen) atoms. The Morgan fingerprint density at radius 3 is 2.42 bits per heavy atom. The Morgan fingerprint density at radius 2 is 1.67 bits per heavy atom. The van der Waals surface area contributed by atoms with E-state index in [1.807, 2.05) is 35.2 Å². The monoisotopic (exact) mass is 330 g/mol. The van der Waals surface area contributed by atoms with Gasteiger partial charge in [0.15, 0.2) is 0 Å². The highest BCUT2D eigenvalue weighted by Crippen LogP contribution is 2.22. The summed E-state index contributed by atoms with van der Waals surface area (Å²) in [5.41, 5.74) is 0.960. The van der Waals surface area contributed by atoms with Gasteiger partial charge in [0.05, 0.1) is 0 Å². The van der Waals surface area contributed by atoms with Crippen molar-refractivity contribution in [3.05, 3.63) is 35.9 Å². The lowest BCUT2D eigenvalue weighted by Crippen LogP contribution is -2.54. The van der Waals surface area contributed by atoms with Gasteiger partial charge in [-0.3, -0.25) is 9.69 Å². The van der Waals surface area contributed by atoms with Gasteiger partial charge in [0, 0.05) is 19.6 Å². The second-order valence-electron chi connectivity index (χ2n) is 6.63. The first-order valence-electron chi connectivity index (χ1n) is 9.02. The van der Waals surface area contributed by atoms with Crippen LogP contribution in [-0.4, -0.2) is 47.5 Å². The Morgan fingerprint density at radius 1 is 0.958 bits per heavy atom. The normalized spacial score (nSPS) is 21.4. The van der Waals surface area contributed by atoms with Crippen molar-refractivity contribution in [2.75, 3.05) is 19.6 Å². The van der Waals surface area contributed by atoms with Gasteiger partial charge in [-0.1, -0.05) is 30.3 Å². The summed E-state index contributed by atoms with van der Waals surface area (Å²) in [5.74, 6) is 0.103. The largest absolute Gasteiger partial charge is 0.445 e. The third-order valence-electron chi connectivity index (χ3n) is 4.90. The molecule has 130 valence electrons. The zero-order chi connectivity index (χ0) is 16.8. The minimum atomic E-state index is -0.367. The van der Waals surface area contributed by atoms with Gasteiger partial charge in [0.1, 0.15) is 12.6 Å². The van der Waals surface area contributed by atoms with Crippen LogP contribution in [0.5, 0.6) is 0 Å². The molecule has 2 aliphatic heterocycles. The minimum Gasteiger partial charge on any atom is -0.445 e. The van der Waals surface area contributed by atoms with Crippen LogP contribution in [0.3, 0.4) is 0 Å². The highest BCUT2D eigenvalue weighted by Gasteiger charge is 2.35. The number of amides is 2. The van der Waals surface area contributed by atoms with Crippen LogP contribution in [0.25, 0.3) is 0 Å². The highest BCUT2D eigenvalue weighted by atomic mass is 16.6. The Kier molecular flexibility index (Phi) is 5.72. The minimum absolute atomic E-state index is 0.103. The fraction of sp³-hybridized carbons (Fsp3) is 0.579. The van der Waals surface area contributed by atoms with Gasteiger partial charge in [-0.05, 0) is 44.1 Å². The van der Waals surface area contributed by atoms with Crippen LogP contribution in [0.15, 0.2) is 30.3 Å². The van der Waals surface area contributed by atoms with E-state index in [0.717, 1.165) is 50.8 Å². The van der Waals surface area contributed by atoms with Crippen molar-refractivity contribution in [2.45, 2.75) is 51.2 Å². The first-order valence-corrected chi connectivity index (χ1v) is 9.02. The molecular weight excluding hydrogens is 304 g/mol. The third-order valence-corrected chi connectivity index (χ3v) is 4.90. The van der Waals surface area contributed by atoms with E-state index >= 15 is 0 Å². The lowest BCUT2D eigenvalue weighted by Gasteiger charge is -2.38. The number of carbonyl (C=O) groups is 2. The van der Waals surface area contributed by atoms with Gasteiger partial charge in [-0.2, -0.15) is 0 Å². The summed E-state index contributed by atoms with van der Waals surface area (Å²) in [4.78, 5) is 28.9. The number of likely N-dealkylation sites (tertiary alicyclic amines) is 2. The number of ether oxygens (including phenoxy) is 1. The molecule has 0 saturated carbocycles. The molecule has 2 aliphatic rings. The van der Waals surface area contributed by atoms with Gasteiger partial charge >= 0.3 is 6.09 Å². The van der Waals surface area contributed by atoms with Gasteiger partial charge in [-0.15, -0.1) is 0 Å². The van der Waals surface area contributed by atoms with Crippen molar-refractivity contribution < 1.29 is 14.3 Å². The Balaban J connectivity index is 1.60. The molecule has 0 radical (unpaired) electrons. The molecule has 2 saturated heterocycles. The summed E-state index contributed by atoms with van der Waals surface area (Å²) in [6.45, 7) is 2.50. The van der Waals surface area contributed by atoms with Crippen molar-refractivity contribution in [3.63, 3.8) is 0 Å². The van der Waals surface area contributed by atoms with E-state index in [-0.39, 0.29) is 24.6 Å². The van der Waals surface area contributed by atoms with E-state index in [1.165, 1.54) is 6.42 Å². The number of hydrogen-bond donors (Lipinski definition) is 0. The van der Waals surface area contributed by atoms with Crippen molar-refractivity contribution >= 4 is 12.0 Å². The predicted octanol–water partition coefficient (Wildman–Crippen LogP) is 3.19. The molecule has 2 heterocycles. The molecule has 2 fully saturated rings. The Bertz CT molecular complexity index is 555. The van der Waals surface area contributed by atoms with Gasteiger partial charge in [-0.25, -0.2) is 4.79 Å². The fourth-order valence-corrected chi connectivity index (χ4v) is 3.53. The van der Waals surface area contributed by atoms with E-state index in [1.54, 1.807) is 4.90 Å². The van der Waals surface area contributed by atoms with Crippen LogP contribution in [0.2, 0.25) is 0 Å². The van der Waals surface area contributed by atoms with Crippen molar-refractivity contribution in [1.29, 1.82) is 0 Å². The smallest absolute Gasteiger partial charge is 0.410 e. The van der Waals surface area contributed by atoms with E-state index in [9.17, 15) is 9.59 Å². The average molecular weight is 330 g/mol. The van der Waals surface area contributed by atoms with E-state index < -0.39 is 0 Å². The zero-order valence-electron chi connectivity index (χ0n) is 14.2. The summed E-state index contributed by atoms with van der Waals surface area (Å²) in [5, 5.41) is 0. The number of rotatable bonds is 3. The fourth-order valence-electron chi connectivity index (χ4n) is 3.53. The highest BCUT2D eigenvalue weighted by molar-refractivity contribution is 5.86. The van der Waals surface area contributed by atoms with Gasteiger partial charge < -0.3 is 9.64 Å². The second-order valence-corrected chi connectivity index (χ2v) is 6.63. The molecule has 3 rings (SSSR count). The first kappa shape index (κ1) is 16.8. The van der Waals surface area contributed by atoms with Crippen LogP contribution >= 0.6 is 0 Å². The van der Waals surface area contributed by atoms with E-state index in [4.69, 9.17) is 4.74 Å². The Hall–Kier alpha value is -2.04. The average Bonchev–Trinajstić information content (AvgIpc) is 2.67. The maximum atomic E-state index is 12.8. The van der Waals surface area contributed by atoms with Crippen molar-refractivity contribution in [2.24, 2.45) is 0 Å². The molecule has 0 spiro atoms. The molecule has 0 aliphatic carbocycles. The molecule has 2 amide bonds. The lowest BCUT2D eigenvalue weighted by atomic mass is 10.00. The first-order chi connectivity index (χ1) is 11.8. The summed E-state index contributed by atoms with van der Waals surface area (Å²) in [7, 11) is 0. The number of nitrogens with zero attached hydrogens (tertiary/aromatic N) is 2. The van der Waals surface area contributed by atoms with Crippen LogP contribution in [0.1, 0.15) is 44.1 Å². The van der Waals surface area contributed by atoms with Crippen LogP contribution in [0.4, 0.5) is 4.79 Å². The Labute approximate surface area is 143 Å². The van der Waals surface area contributed by atoms with Crippen LogP contribution < -0.4 is 0 Å². The number of hydrogen-bond acceptors (Lipinski definition) is 3. The molecule has 0 N–H and O–H groups in total.